The highest BCUT2D eigenvalue weighted by Gasteiger charge is 2.38. The summed E-state index contributed by atoms with van der Waals surface area (Å²) in [5, 5.41) is 5.61. The standard InChI is InChI=1S/C19H38N2/c1-16(2)21(19(3,4)5)20(17-12-8-6-9-13-17)18-14-10-7-11-15-18/h16-18H,6-15H2,1-5H3. The van der Waals surface area contributed by atoms with Crippen molar-refractivity contribution in [3.63, 3.8) is 0 Å². The quantitative estimate of drug-likeness (QED) is 0.642. The molecule has 0 aromatic heterocycles. The van der Waals surface area contributed by atoms with Crippen LogP contribution in [-0.4, -0.2) is 33.7 Å². The van der Waals surface area contributed by atoms with Crippen molar-refractivity contribution in [3.8, 4) is 0 Å². The molecule has 2 saturated carbocycles. The maximum absolute atomic E-state index is 2.88. The SMILES string of the molecule is CC(C)N(N(C1CCCCC1)C1CCCCC1)C(C)(C)C. The molecule has 2 nitrogen and oxygen atoms in total. The van der Waals surface area contributed by atoms with Crippen molar-refractivity contribution >= 4 is 0 Å². The lowest BCUT2D eigenvalue weighted by molar-refractivity contribution is -0.175. The Kier molecular flexibility index (Phi) is 6.14. The van der Waals surface area contributed by atoms with Gasteiger partial charge in [0, 0.05) is 23.7 Å². The van der Waals surface area contributed by atoms with Gasteiger partial charge in [-0.05, 0) is 60.3 Å². The summed E-state index contributed by atoms with van der Waals surface area (Å²) in [4.78, 5) is 0. The van der Waals surface area contributed by atoms with E-state index >= 15 is 0 Å². The van der Waals surface area contributed by atoms with Gasteiger partial charge in [0.2, 0.25) is 0 Å². The minimum atomic E-state index is 0.225. The van der Waals surface area contributed by atoms with Gasteiger partial charge in [0.1, 0.15) is 0 Å². The van der Waals surface area contributed by atoms with Crippen molar-refractivity contribution < 1.29 is 0 Å². The molecule has 0 aliphatic heterocycles. The fourth-order valence-electron chi connectivity index (χ4n) is 4.73. The van der Waals surface area contributed by atoms with E-state index in [1.807, 2.05) is 0 Å². The average molecular weight is 295 g/mol. The predicted molar refractivity (Wildman–Crippen MR) is 92.3 cm³/mol. The van der Waals surface area contributed by atoms with E-state index in [0.29, 0.717) is 6.04 Å². The Bertz CT molecular complexity index is 275. The molecule has 2 rings (SSSR count). The van der Waals surface area contributed by atoms with E-state index in [1.165, 1.54) is 64.2 Å². The maximum atomic E-state index is 2.88. The van der Waals surface area contributed by atoms with Crippen molar-refractivity contribution in [2.75, 3.05) is 0 Å². The van der Waals surface area contributed by atoms with E-state index in [2.05, 4.69) is 44.6 Å². The van der Waals surface area contributed by atoms with Gasteiger partial charge in [0.25, 0.3) is 0 Å². The van der Waals surface area contributed by atoms with E-state index in [0.717, 1.165) is 12.1 Å². The number of nitrogens with zero attached hydrogens (tertiary/aromatic N) is 2. The van der Waals surface area contributed by atoms with Crippen LogP contribution in [-0.2, 0) is 0 Å². The third kappa shape index (κ3) is 4.45. The van der Waals surface area contributed by atoms with Crippen LogP contribution in [0.1, 0.15) is 98.8 Å². The van der Waals surface area contributed by atoms with Crippen molar-refractivity contribution in [3.05, 3.63) is 0 Å². The van der Waals surface area contributed by atoms with Crippen LogP contribution in [0.5, 0.6) is 0 Å². The molecule has 0 atom stereocenters. The summed E-state index contributed by atoms with van der Waals surface area (Å²) >= 11 is 0. The summed E-state index contributed by atoms with van der Waals surface area (Å²) in [5.74, 6) is 0. The molecule has 0 heterocycles. The monoisotopic (exact) mass is 294 g/mol. The Morgan fingerprint density at radius 3 is 1.38 bits per heavy atom. The molecule has 2 aliphatic carbocycles. The number of hydrazine groups is 1. The third-order valence-electron chi connectivity index (χ3n) is 5.32. The first-order valence-electron chi connectivity index (χ1n) is 9.49. The van der Waals surface area contributed by atoms with E-state index in [4.69, 9.17) is 0 Å². The molecule has 0 saturated heterocycles. The first kappa shape index (κ1) is 17.3. The average Bonchev–Trinajstić information content (AvgIpc) is 2.44. The normalized spacial score (nSPS) is 23.4. The minimum absolute atomic E-state index is 0.225. The van der Waals surface area contributed by atoms with Crippen molar-refractivity contribution in [2.24, 2.45) is 0 Å². The molecule has 124 valence electrons. The molecule has 0 aromatic carbocycles. The van der Waals surface area contributed by atoms with Gasteiger partial charge in [-0.2, -0.15) is 0 Å². The summed E-state index contributed by atoms with van der Waals surface area (Å²) in [6.07, 6.45) is 14.3. The first-order chi connectivity index (χ1) is 9.91. The van der Waals surface area contributed by atoms with Crippen LogP contribution < -0.4 is 0 Å². The Balaban J connectivity index is 2.23. The van der Waals surface area contributed by atoms with Crippen LogP contribution in [0.4, 0.5) is 0 Å². The highest BCUT2D eigenvalue weighted by Crippen LogP contribution is 2.35. The first-order valence-corrected chi connectivity index (χ1v) is 9.49. The molecule has 2 aliphatic rings. The zero-order chi connectivity index (χ0) is 15.5. The van der Waals surface area contributed by atoms with Gasteiger partial charge in [0.05, 0.1) is 0 Å². The molecule has 0 unspecified atom stereocenters. The highest BCUT2D eigenvalue weighted by molar-refractivity contribution is 4.88. The van der Waals surface area contributed by atoms with Gasteiger partial charge in [-0.3, -0.25) is 0 Å². The molecular weight excluding hydrogens is 256 g/mol. The molecule has 0 radical (unpaired) electrons. The fraction of sp³-hybridized carbons (Fsp3) is 1.00. The van der Waals surface area contributed by atoms with Gasteiger partial charge < -0.3 is 0 Å². The van der Waals surface area contributed by atoms with Crippen LogP contribution in [0.25, 0.3) is 0 Å². The molecule has 2 fully saturated rings. The number of hydrogen-bond acceptors (Lipinski definition) is 2. The van der Waals surface area contributed by atoms with E-state index in [1.54, 1.807) is 0 Å². The second-order valence-corrected chi connectivity index (χ2v) is 8.57. The third-order valence-corrected chi connectivity index (χ3v) is 5.32. The van der Waals surface area contributed by atoms with Gasteiger partial charge in [-0.25, -0.2) is 10.0 Å². The Morgan fingerprint density at radius 1 is 0.714 bits per heavy atom. The smallest absolute Gasteiger partial charge is 0.0275 e. The molecule has 0 bridgehead atoms. The van der Waals surface area contributed by atoms with Gasteiger partial charge in [-0.15, -0.1) is 0 Å². The molecule has 0 aromatic rings. The van der Waals surface area contributed by atoms with Crippen LogP contribution in [0, 0.1) is 0 Å². The molecule has 0 spiro atoms. The van der Waals surface area contributed by atoms with E-state index in [9.17, 15) is 0 Å². The number of hydrogen-bond donors (Lipinski definition) is 0. The Hall–Kier alpha value is -0.0800. The molecule has 0 N–H and O–H groups in total. The predicted octanol–water partition coefficient (Wildman–Crippen LogP) is 5.38. The summed E-state index contributed by atoms with van der Waals surface area (Å²) < 4.78 is 0. The van der Waals surface area contributed by atoms with E-state index < -0.39 is 0 Å². The van der Waals surface area contributed by atoms with Crippen molar-refractivity contribution in [1.29, 1.82) is 0 Å². The van der Waals surface area contributed by atoms with Crippen molar-refractivity contribution in [2.45, 2.75) is 122 Å². The summed E-state index contributed by atoms with van der Waals surface area (Å²) in [5.41, 5.74) is 0.225. The van der Waals surface area contributed by atoms with Gasteiger partial charge >= 0.3 is 0 Å². The molecule has 2 heteroatoms. The summed E-state index contributed by atoms with van der Waals surface area (Å²) in [7, 11) is 0. The molecule has 21 heavy (non-hydrogen) atoms. The molecule has 0 amide bonds. The maximum Gasteiger partial charge on any atom is 0.0275 e. The molecular formula is C19H38N2. The van der Waals surface area contributed by atoms with E-state index in [-0.39, 0.29) is 5.54 Å². The van der Waals surface area contributed by atoms with Crippen LogP contribution in [0.15, 0.2) is 0 Å². The van der Waals surface area contributed by atoms with Crippen molar-refractivity contribution in [1.82, 2.24) is 10.0 Å². The lowest BCUT2D eigenvalue weighted by atomic mass is 9.89. The summed E-state index contributed by atoms with van der Waals surface area (Å²) in [6, 6.07) is 2.18. The number of rotatable bonds is 4. The van der Waals surface area contributed by atoms with Gasteiger partial charge in [0.15, 0.2) is 0 Å². The van der Waals surface area contributed by atoms with Gasteiger partial charge in [-0.1, -0.05) is 38.5 Å². The zero-order valence-corrected chi connectivity index (χ0v) is 15.2. The second-order valence-electron chi connectivity index (χ2n) is 8.57. The summed E-state index contributed by atoms with van der Waals surface area (Å²) in [6.45, 7) is 11.9. The topological polar surface area (TPSA) is 6.48 Å². The highest BCUT2D eigenvalue weighted by atomic mass is 15.7. The lowest BCUT2D eigenvalue weighted by Crippen LogP contribution is -2.63. The minimum Gasteiger partial charge on any atom is -0.235 e. The Labute approximate surface area is 133 Å². The largest absolute Gasteiger partial charge is 0.235 e. The fourth-order valence-corrected chi connectivity index (χ4v) is 4.73. The second kappa shape index (κ2) is 7.46. The van der Waals surface area contributed by atoms with Crippen LogP contribution in [0.3, 0.4) is 0 Å². The lowest BCUT2D eigenvalue weighted by Gasteiger charge is -2.54. The Morgan fingerprint density at radius 2 is 1.10 bits per heavy atom. The van der Waals surface area contributed by atoms with Crippen LogP contribution >= 0.6 is 0 Å². The zero-order valence-electron chi connectivity index (χ0n) is 15.2. The van der Waals surface area contributed by atoms with Crippen LogP contribution in [0.2, 0.25) is 0 Å².